The smallest absolute Gasteiger partial charge is 0.355 e. The summed E-state index contributed by atoms with van der Waals surface area (Å²) in [5, 5.41) is 27.2. The number of carboxylic acid groups (broad SMARTS) is 1. The topological polar surface area (TPSA) is 186 Å². The third-order valence-corrected chi connectivity index (χ3v) is 16.8. The zero-order chi connectivity index (χ0) is 51.1. The van der Waals surface area contributed by atoms with E-state index in [0.29, 0.717) is 71.9 Å². The minimum absolute atomic E-state index is 0.0205. The highest BCUT2D eigenvalue weighted by atomic mass is 32.1. The highest BCUT2D eigenvalue weighted by Gasteiger charge is 2.32. The van der Waals surface area contributed by atoms with E-state index >= 15 is 0 Å². The number of carboxylic acids is 1. The van der Waals surface area contributed by atoms with Crippen molar-refractivity contribution >= 4 is 67.4 Å². The SMILES string of the molecule is Cc1c(OC2CCC(CCC(C)(C)CN3CCN(c4nc5ccc(C6CCC(=O)NC6O)cc5o4)CC3)CC2)cccc1-c1ccc(N2CCc3cccc(C(=O)Nc4nc5ccccc5s4)c3C2)nc1C(=O)O. The molecule has 6 heterocycles. The zero-order valence-corrected chi connectivity index (χ0v) is 43.1. The van der Waals surface area contributed by atoms with E-state index < -0.39 is 12.2 Å². The molecule has 3 aromatic heterocycles. The van der Waals surface area contributed by atoms with Gasteiger partial charge in [-0.2, -0.15) is 4.98 Å². The van der Waals surface area contributed by atoms with Crippen LogP contribution in [0.4, 0.5) is 17.0 Å². The molecule has 74 heavy (non-hydrogen) atoms. The molecule has 0 radical (unpaired) electrons. The lowest BCUT2D eigenvalue weighted by atomic mass is 9.78. The Balaban J connectivity index is 0.663. The van der Waals surface area contributed by atoms with Gasteiger partial charge >= 0.3 is 5.97 Å². The first-order chi connectivity index (χ1) is 35.8. The standard InChI is InChI=1S/C58H64N8O7S/c1-35-40(42-19-22-50(61-52(42)55(70)71)66-27-25-37-8-6-10-43(44(37)33-66)54(69)63-56-59-46-11-4-5-13-49(46)74-56)9-7-12-47(35)72-39-17-14-36(15-18-39)24-26-58(2,3)34-64-28-30-65(31-29-64)57-60-45-21-16-38(32-48(45)73-57)41-20-23-51(67)62-53(41)68/h4-13,16,19,21-22,32,36,39,41,53,68H,14-15,17-18,20,23-31,33-34H2,1-3H3,(H,62,67)(H,70,71)(H,59,63,69). The molecule has 16 heteroatoms. The number of nitrogens with one attached hydrogen (secondary N) is 2. The van der Waals surface area contributed by atoms with Gasteiger partial charge in [0.25, 0.3) is 11.9 Å². The minimum atomic E-state index is -1.10. The molecule has 3 aliphatic heterocycles. The van der Waals surface area contributed by atoms with E-state index in [1.807, 2.05) is 97.9 Å². The number of piperazine rings is 1. The fraction of sp³-hybridized carbons (Fsp3) is 0.414. The maximum Gasteiger partial charge on any atom is 0.355 e. The van der Waals surface area contributed by atoms with Gasteiger partial charge in [0.2, 0.25) is 5.91 Å². The number of fused-ring (bicyclic) bond motifs is 3. The predicted molar refractivity (Wildman–Crippen MR) is 288 cm³/mol. The first-order valence-corrected chi connectivity index (χ1v) is 27.0. The van der Waals surface area contributed by atoms with E-state index in [2.05, 4.69) is 44.2 Å². The summed E-state index contributed by atoms with van der Waals surface area (Å²) in [7, 11) is 0. The van der Waals surface area contributed by atoms with Crippen LogP contribution in [-0.2, 0) is 17.8 Å². The van der Waals surface area contributed by atoms with Crippen molar-refractivity contribution in [3.63, 3.8) is 0 Å². The Morgan fingerprint density at radius 3 is 2.46 bits per heavy atom. The Labute approximate surface area is 435 Å². The molecule has 4 N–H and O–H groups in total. The van der Waals surface area contributed by atoms with Gasteiger partial charge in [-0.25, -0.2) is 14.8 Å². The van der Waals surface area contributed by atoms with Gasteiger partial charge in [-0.05, 0) is 146 Å². The van der Waals surface area contributed by atoms with Crippen LogP contribution in [-0.4, -0.2) is 99.4 Å². The lowest BCUT2D eigenvalue weighted by Gasteiger charge is -2.39. The molecule has 7 aromatic rings. The first-order valence-electron chi connectivity index (χ1n) is 26.2. The van der Waals surface area contributed by atoms with Gasteiger partial charge in [0, 0.05) is 69.3 Å². The second kappa shape index (κ2) is 20.8. The number of pyridine rings is 1. The number of amides is 2. The molecule has 2 saturated heterocycles. The number of hydrogen-bond donors (Lipinski definition) is 4. The van der Waals surface area contributed by atoms with Gasteiger partial charge in [-0.1, -0.05) is 67.6 Å². The van der Waals surface area contributed by atoms with Crippen LogP contribution in [0, 0.1) is 18.3 Å². The van der Waals surface area contributed by atoms with Crippen molar-refractivity contribution in [1.29, 1.82) is 0 Å². The normalized spacial score (nSPS) is 20.6. The number of aromatic nitrogens is 3. The van der Waals surface area contributed by atoms with E-state index in [9.17, 15) is 24.6 Å². The number of nitrogens with zero attached hydrogens (tertiary/aromatic N) is 6. The number of thiazole rings is 1. The molecule has 0 bridgehead atoms. The Morgan fingerprint density at radius 1 is 0.851 bits per heavy atom. The van der Waals surface area contributed by atoms with Crippen LogP contribution in [0.25, 0.3) is 32.4 Å². The highest BCUT2D eigenvalue weighted by Crippen LogP contribution is 2.39. The molecule has 15 nitrogen and oxygen atoms in total. The molecular formula is C58H64N8O7S. The van der Waals surface area contributed by atoms with E-state index in [4.69, 9.17) is 19.1 Å². The molecule has 1 aliphatic carbocycles. The number of aromatic carboxylic acids is 1. The maximum atomic E-state index is 13.7. The molecule has 0 spiro atoms. The minimum Gasteiger partial charge on any atom is -0.490 e. The van der Waals surface area contributed by atoms with Gasteiger partial charge in [0.15, 0.2) is 16.4 Å². The molecule has 1 saturated carbocycles. The first kappa shape index (κ1) is 49.3. The van der Waals surface area contributed by atoms with Gasteiger partial charge in [0.1, 0.15) is 23.3 Å². The van der Waals surface area contributed by atoms with Gasteiger partial charge < -0.3 is 34.5 Å². The Hall–Kier alpha value is -6.88. The van der Waals surface area contributed by atoms with Crippen molar-refractivity contribution in [3.8, 4) is 16.9 Å². The summed E-state index contributed by atoms with van der Waals surface area (Å²) in [6.07, 6.45) is 7.42. The van der Waals surface area contributed by atoms with E-state index in [0.717, 1.165) is 114 Å². The average molecular weight is 1020 g/mol. The van der Waals surface area contributed by atoms with Crippen molar-refractivity contribution < 1.29 is 33.8 Å². The van der Waals surface area contributed by atoms with E-state index in [1.54, 1.807) is 0 Å². The fourth-order valence-corrected chi connectivity index (χ4v) is 12.5. The van der Waals surface area contributed by atoms with E-state index in [-0.39, 0.29) is 34.9 Å². The fourth-order valence-electron chi connectivity index (χ4n) is 11.6. The molecule has 4 aromatic carbocycles. The van der Waals surface area contributed by atoms with Gasteiger partial charge in [-0.15, -0.1) is 0 Å². The monoisotopic (exact) mass is 1020 g/mol. The maximum absolute atomic E-state index is 13.7. The molecule has 3 fully saturated rings. The van der Waals surface area contributed by atoms with Crippen molar-refractivity contribution in [2.24, 2.45) is 11.3 Å². The molecule has 2 unspecified atom stereocenters. The number of aliphatic hydroxyl groups excluding tert-OH is 1. The number of benzene rings is 4. The second-order valence-electron chi connectivity index (χ2n) is 21.5. The predicted octanol–water partition coefficient (Wildman–Crippen LogP) is 10.2. The van der Waals surface area contributed by atoms with Crippen LogP contribution in [0.3, 0.4) is 0 Å². The molecule has 2 amide bonds. The summed E-state index contributed by atoms with van der Waals surface area (Å²) in [5.74, 6) is 0.359. The Kier molecular flexibility index (Phi) is 13.9. The average Bonchev–Trinajstić information content (AvgIpc) is 4.03. The quantitative estimate of drug-likeness (QED) is 0.0807. The molecular weight excluding hydrogens is 953 g/mol. The van der Waals surface area contributed by atoms with Crippen molar-refractivity contribution in [2.45, 2.75) is 103 Å². The number of piperidine rings is 1. The number of oxazole rings is 1. The van der Waals surface area contributed by atoms with Gasteiger partial charge in [0.05, 0.1) is 16.3 Å². The lowest BCUT2D eigenvalue weighted by Crippen LogP contribution is -2.49. The third kappa shape index (κ3) is 10.6. The number of carbonyl (C=O) groups is 3. The summed E-state index contributed by atoms with van der Waals surface area (Å²) in [4.78, 5) is 59.3. The van der Waals surface area contributed by atoms with E-state index in [1.165, 1.54) is 17.8 Å². The largest absolute Gasteiger partial charge is 0.490 e. The number of hydrogen-bond acceptors (Lipinski definition) is 13. The van der Waals surface area contributed by atoms with Crippen LogP contribution in [0.5, 0.6) is 5.75 Å². The van der Waals surface area contributed by atoms with Gasteiger partial charge in [-0.3, -0.25) is 19.8 Å². The summed E-state index contributed by atoms with van der Waals surface area (Å²) in [6.45, 7) is 12.4. The summed E-state index contributed by atoms with van der Waals surface area (Å²) >= 11 is 1.44. The molecule has 11 rings (SSSR count). The number of aliphatic hydroxyl groups is 1. The number of rotatable bonds is 14. The van der Waals surface area contributed by atoms with Crippen molar-refractivity contribution in [2.75, 3.05) is 54.4 Å². The Morgan fingerprint density at radius 2 is 1.66 bits per heavy atom. The molecule has 2 atom stereocenters. The Bertz CT molecular complexity index is 3190. The van der Waals surface area contributed by atoms with Crippen LogP contribution in [0.15, 0.2) is 95.4 Å². The van der Waals surface area contributed by atoms with Crippen LogP contribution < -0.4 is 25.2 Å². The third-order valence-electron chi connectivity index (χ3n) is 15.8. The van der Waals surface area contributed by atoms with Crippen LogP contribution in [0.1, 0.15) is 114 Å². The van der Waals surface area contributed by atoms with Crippen molar-refractivity contribution in [3.05, 3.63) is 125 Å². The van der Waals surface area contributed by atoms with Crippen LogP contribution >= 0.6 is 11.3 Å². The number of carbonyl (C=O) groups excluding carboxylic acids is 2. The second-order valence-corrected chi connectivity index (χ2v) is 22.5. The van der Waals surface area contributed by atoms with Crippen LogP contribution in [0.2, 0.25) is 0 Å². The summed E-state index contributed by atoms with van der Waals surface area (Å²) < 4.78 is 14.0. The number of ether oxygens (including phenoxy) is 1. The molecule has 384 valence electrons. The molecule has 4 aliphatic rings. The lowest BCUT2D eigenvalue weighted by molar-refractivity contribution is -0.127. The highest BCUT2D eigenvalue weighted by molar-refractivity contribution is 7.22. The number of para-hydroxylation sites is 1. The van der Waals surface area contributed by atoms with Crippen molar-refractivity contribution in [1.82, 2.24) is 25.2 Å². The summed E-state index contributed by atoms with van der Waals surface area (Å²) in [5.41, 5.74) is 8.19. The zero-order valence-electron chi connectivity index (χ0n) is 42.3. The summed E-state index contributed by atoms with van der Waals surface area (Å²) in [6, 6.07) is 29.7. The number of anilines is 3.